The molecule has 1 N–H and O–H groups in total. The molecule has 0 aliphatic carbocycles. The van der Waals surface area contributed by atoms with Crippen molar-refractivity contribution in [2.24, 2.45) is 0 Å². The van der Waals surface area contributed by atoms with E-state index in [1.165, 1.54) is 5.56 Å². The minimum atomic E-state index is 0.738. The maximum Gasteiger partial charge on any atom is 0.126 e. The Morgan fingerprint density at radius 3 is 2.63 bits per heavy atom. The number of anilines is 1. The van der Waals surface area contributed by atoms with Gasteiger partial charge in [-0.25, -0.2) is 4.98 Å². The van der Waals surface area contributed by atoms with Crippen molar-refractivity contribution in [2.75, 3.05) is 11.9 Å². The van der Waals surface area contributed by atoms with E-state index in [0.29, 0.717) is 0 Å². The summed E-state index contributed by atoms with van der Waals surface area (Å²) in [5.41, 5.74) is 2.27. The maximum atomic E-state index is 6.17. The molecule has 2 rings (SSSR count). The van der Waals surface area contributed by atoms with Crippen LogP contribution in [0.2, 0.25) is 5.02 Å². The standard InChI is InChI=1S/C15H17ClN2S/c1-2-17-15-9-8-13(16)14(18-15)11-19-10-12-6-4-3-5-7-12/h3-9H,2,10-11H2,1H3,(H,17,18). The van der Waals surface area contributed by atoms with E-state index in [-0.39, 0.29) is 0 Å². The Morgan fingerprint density at radius 2 is 1.89 bits per heavy atom. The first kappa shape index (κ1) is 14.2. The van der Waals surface area contributed by atoms with Gasteiger partial charge in [-0.1, -0.05) is 41.9 Å². The molecule has 0 spiro atoms. The second-order valence-electron chi connectivity index (χ2n) is 4.13. The molecular weight excluding hydrogens is 276 g/mol. The number of aromatic nitrogens is 1. The molecule has 0 aliphatic heterocycles. The van der Waals surface area contributed by atoms with Gasteiger partial charge >= 0.3 is 0 Å². The molecule has 100 valence electrons. The average Bonchev–Trinajstić information content (AvgIpc) is 2.44. The van der Waals surface area contributed by atoms with Gasteiger partial charge in [0.15, 0.2) is 0 Å². The van der Waals surface area contributed by atoms with Gasteiger partial charge < -0.3 is 5.32 Å². The van der Waals surface area contributed by atoms with Gasteiger partial charge in [-0.15, -0.1) is 0 Å². The zero-order chi connectivity index (χ0) is 13.5. The molecule has 0 unspecified atom stereocenters. The van der Waals surface area contributed by atoms with Gasteiger partial charge in [0.2, 0.25) is 0 Å². The Labute approximate surface area is 123 Å². The van der Waals surface area contributed by atoms with Crippen molar-refractivity contribution in [1.29, 1.82) is 0 Å². The molecule has 0 saturated carbocycles. The normalized spacial score (nSPS) is 10.4. The third-order valence-electron chi connectivity index (χ3n) is 2.63. The number of benzene rings is 1. The second-order valence-corrected chi connectivity index (χ2v) is 5.53. The lowest BCUT2D eigenvalue weighted by molar-refractivity contribution is 1.11. The van der Waals surface area contributed by atoms with Crippen LogP contribution >= 0.6 is 23.4 Å². The first-order valence-corrected chi connectivity index (χ1v) is 7.84. The summed E-state index contributed by atoms with van der Waals surface area (Å²) in [5.74, 6) is 2.69. The summed E-state index contributed by atoms with van der Waals surface area (Å²) in [6.45, 7) is 2.92. The molecule has 2 nitrogen and oxygen atoms in total. The van der Waals surface area contributed by atoms with E-state index in [1.54, 1.807) is 0 Å². The lowest BCUT2D eigenvalue weighted by atomic mass is 10.2. The number of pyridine rings is 1. The van der Waals surface area contributed by atoms with Crippen LogP contribution in [0.1, 0.15) is 18.2 Å². The fourth-order valence-corrected chi connectivity index (χ4v) is 2.90. The van der Waals surface area contributed by atoms with Crippen LogP contribution in [-0.2, 0) is 11.5 Å². The zero-order valence-corrected chi connectivity index (χ0v) is 12.5. The monoisotopic (exact) mass is 292 g/mol. The fraction of sp³-hybridized carbons (Fsp3) is 0.267. The molecule has 2 aromatic rings. The van der Waals surface area contributed by atoms with Gasteiger partial charge in [-0.2, -0.15) is 11.8 Å². The first-order valence-electron chi connectivity index (χ1n) is 6.30. The lowest BCUT2D eigenvalue weighted by Crippen LogP contribution is -2.01. The largest absolute Gasteiger partial charge is 0.370 e. The highest BCUT2D eigenvalue weighted by molar-refractivity contribution is 7.97. The molecule has 1 aromatic carbocycles. The molecule has 0 atom stereocenters. The Balaban J connectivity index is 1.93. The number of hydrogen-bond acceptors (Lipinski definition) is 3. The van der Waals surface area contributed by atoms with Gasteiger partial charge in [0.05, 0.1) is 10.7 Å². The number of nitrogens with zero attached hydrogens (tertiary/aromatic N) is 1. The van der Waals surface area contributed by atoms with E-state index in [9.17, 15) is 0 Å². The van der Waals surface area contributed by atoms with E-state index in [4.69, 9.17) is 11.6 Å². The molecule has 19 heavy (non-hydrogen) atoms. The summed E-state index contributed by atoms with van der Waals surface area (Å²) in [4.78, 5) is 4.53. The van der Waals surface area contributed by atoms with Crippen molar-refractivity contribution in [3.8, 4) is 0 Å². The van der Waals surface area contributed by atoms with Crippen LogP contribution in [0, 0.1) is 0 Å². The van der Waals surface area contributed by atoms with Crippen LogP contribution in [0.5, 0.6) is 0 Å². The summed E-state index contributed by atoms with van der Waals surface area (Å²) in [5, 5.41) is 3.94. The summed E-state index contributed by atoms with van der Waals surface area (Å²) in [7, 11) is 0. The highest BCUT2D eigenvalue weighted by atomic mass is 35.5. The van der Waals surface area contributed by atoms with E-state index < -0.39 is 0 Å². The molecular formula is C15H17ClN2S. The van der Waals surface area contributed by atoms with Crippen molar-refractivity contribution in [3.05, 3.63) is 58.7 Å². The summed E-state index contributed by atoms with van der Waals surface area (Å²) in [6, 6.07) is 14.3. The van der Waals surface area contributed by atoms with Crippen LogP contribution in [0.3, 0.4) is 0 Å². The molecule has 0 saturated heterocycles. The number of hydrogen-bond donors (Lipinski definition) is 1. The predicted molar refractivity (Wildman–Crippen MR) is 84.9 cm³/mol. The molecule has 0 bridgehead atoms. The quantitative estimate of drug-likeness (QED) is 0.842. The Bertz CT molecular complexity index is 517. The van der Waals surface area contributed by atoms with Gasteiger partial charge in [-0.3, -0.25) is 0 Å². The van der Waals surface area contributed by atoms with Crippen LogP contribution in [0.25, 0.3) is 0 Å². The third kappa shape index (κ3) is 4.44. The van der Waals surface area contributed by atoms with Crippen LogP contribution in [-0.4, -0.2) is 11.5 Å². The van der Waals surface area contributed by atoms with Gasteiger partial charge in [0.25, 0.3) is 0 Å². The minimum absolute atomic E-state index is 0.738. The molecule has 1 heterocycles. The number of thioether (sulfide) groups is 1. The zero-order valence-electron chi connectivity index (χ0n) is 10.9. The topological polar surface area (TPSA) is 24.9 Å². The Hall–Kier alpha value is -1.19. The minimum Gasteiger partial charge on any atom is -0.370 e. The number of halogens is 1. The van der Waals surface area contributed by atoms with Crippen molar-refractivity contribution in [3.63, 3.8) is 0 Å². The first-order chi connectivity index (χ1) is 9.29. The Morgan fingerprint density at radius 1 is 1.11 bits per heavy atom. The number of nitrogens with one attached hydrogen (secondary N) is 1. The highest BCUT2D eigenvalue weighted by Gasteiger charge is 2.04. The van der Waals surface area contributed by atoms with Crippen molar-refractivity contribution in [2.45, 2.75) is 18.4 Å². The summed E-state index contributed by atoms with van der Waals surface area (Å²) >= 11 is 8.00. The summed E-state index contributed by atoms with van der Waals surface area (Å²) < 4.78 is 0. The van der Waals surface area contributed by atoms with E-state index in [1.807, 2.05) is 30.0 Å². The van der Waals surface area contributed by atoms with Crippen molar-refractivity contribution in [1.82, 2.24) is 4.98 Å². The maximum absolute atomic E-state index is 6.17. The SMILES string of the molecule is CCNc1ccc(Cl)c(CSCc2ccccc2)n1. The molecule has 4 heteroatoms. The smallest absolute Gasteiger partial charge is 0.126 e. The van der Waals surface area contributed by atoms with Gasteiger partial charge in [-0.05, 0) is 24.6 Å². The van der Waals surface area contributed by atoms with Crippen LogP contribution in [0.15, 0.2) is 42.5 Å². The molecule has 0 aliphatic rings. The molecule has 0 amide bonds. The molecule has 1 aromatic heterocycles. The highest BCUT2D eigenvalue weighted by Crippen LogP contribution is 2.23. The van der Waals surface area contributed by atoms with Crippen LogP contribution in [0.4, 0.5) is 5.82 Å². The van der Waals surface area contributed by atoms with Crippen molar-refractivity contribution < 1.29 is 0 Å². The van der Waals surface area contributed by atoms with Gasteiger partial charge in [0.1, 0.15) is 5.82 Å². The fourth-order valence-electron chi connectivity index (χ4n) is 1.70. The van der Waals surface area contributed by atoms with E-state index in [2.05, 4.69) is 41.5 Å². The molecule has 0 radical (unpaired) electrons. The second kappa shape index (κ2) is 7.41. The average molecular weight is 293 g/mol. The molecule has 0 fully saturated rings. The third-order valence-corrected chi connectivity index (χ3v) is 3.99. The van der Waals surface area contributed by atoms with E-state index >= 15 is 0 Å². The Kier molecular flexibility index (Phi) is 5.55. The van der Waals surface area contributed by atoms with Crippen molar-refractivity contribution >= 4 is 29.2 Å². The predicted octanol–water partition coefficient (Wildman–Crippen LogP) is 4.60. The van der Waals surface area contributed by atoms with Gasteiger partial charge in [0, 0.05) is 18.1 Å². The van der Waals surface area contributed by atoms with E-state index in [0.717, 1.165) is 34.6 Å². The summed E-state index contributed by atoms with van der Waals surface area (Å²) in [6.07, 6.45) is 0. The number of rotatable bonds is 6. The lowest BCUT2D eigenvalue weighted by Gasteiger charge is -2.07. The van der Waals surface area contributed by atoms with Crippen LogP contribution < -0.4 is 5.32 Å².